The third kappa shape index (κ3) is 7.59. The molecule has 0 bridgehead atoms. The van der Waals surface area contributed by atoms with Gasteiger partial charge in [0.1, 0.15) is 18.6 Å². The van der Waals surface area contributed by atoms with E-state index in [1.54, 1.807) is 0 Å². The number of carboxylic acids is 2. The second-order valence-electron chi connectivity index (χ2n) is 3.90. The molecule has 0 aliphatic heterocycles. The molecule has 0 radical (unpaired) electrons. The smallest absolute Gasteiger partial charge is 0.322 e. The molecule has 0 aliphatic rings. The molecule has 6 N–H and O–H groups in total. The Morgan fingerprint density at radius 3 is 2.25 bits per heavy atom. The third-order valence-electron chi connectivity index (χ3n) is 2.25. The molecule has 0 aromatic carbocycles. The fourth-order valence-corrected chi connectivity index (χ4v) is 1.41. The largest absolute Gasteiger partial charge is 0.480 e. The van der Waals surface area contributed by atoms with Crippen LogP contribution in [0.1, 0.15) is 12.8 Å². The average molecular weight is 307 g/mol. The SMILES string of the molecule is NC(CCC(=O)N[C@H](CS)C(=O)NCC(=O)O)C(=O)O. The van der Waals surface area contributed by atoms with Crippen LogP contribution in [0.2, 0.25) is 0 Å². The molecule has 0 aliphatic carbocycles. The van der Waals surface area contributed by atoms with Gasteiger partial charge < -0.3 is 26.6 Å². The lowest BCUT2D eigenvalue weighted by molar-refractivity contribution is -0.139. The van der Waals surface area contributed by atoms with Crippen LogP contribution in [0.25, 0.3) is 0 Å². The van der Waals surface area contributed by atoms with Crippen LogP contribution >= 0.6 is 12.6 Å². The van der Waals surface area contributed by atoms with Gasteiger partial charge in [-0.25, -0.2) is 0 Å². The van der Waals surface area contributed by atoms with E-state index in [1.807, 2.05) is 0 Å². The second-order valence-corrected chi connectivity index (χ2v) is 4.26. The molecule has 0 saturated carbocycles. The molecule has 0 fully saturated rings. The van der Waals surface area contributed by atoms with Gasteiger partial charge in [-0.2, -0.15) is 12.6 Å². The number of aliphatic carboxylic acids is 2. The van der Waals surface area contributed by atoms with Gasteiger partial charge >= 0.3 is 11.9 Å². The molecule has 0 rings (SSSR count). The lowest BCUT2D eigenvalue weighted by Crippen LogP contribution is -2.49. The van der Waals surface area contributed by atoms with Gasteiger partial charge in [-0.15, -0.1) is 0 Å². The molecule has 0 heterocycles. The third-order valence-corrected chi connectivity index (χ3v) is 2.61. The summed E-state index contributed by atoms with van der Waals surface area (Å²) in [6, 6.07) is -2.15. The number of nitrogens with two attached hydrogens (primary N) is 1. The second kappa shape index (κ2) is 9.15. The molecule has 114 valence electrons. The number of carbonyl (C=O) groups is 4. The Balaban J connectivity index is 4.21. The van der Waals surface area contributed by atoms with Crippen molar-refractivity contribution in [3.05, 3.63) is 0 Å². The van der Waals surface area contributed by atoms with Crippen LogP contribution < -0.4 is 16.4 Å². The first-order valence-corrected chi connectivity index (χ1v) is 6.29. The number of thiol groups is 1. The summed E-state index contributed by atoms with van der Waals surface area (Å²) in [5, 5.41) is 21.4. The van der Waals surface area contributed by atoms with Crippen molar-refractivity contribution in [1.82, 2.24) is 10.6 Å². The highest BCUT2D eigenvalue weighted by molar-refractivity contribution is 7.80. The zero-order valence-corrected chi connectivity index (χ0v) is 11.4. The number of nitrogens with one attached hydrogen (secondary N) is 2. The number of hydrogen-bond acceptors (Lipinski definition) is 6. The lowest BCUT2D eigenvalue weighted by Gasteiger charge is -2.16. The molecule has 0 saturated heterocycles. The van der Waals surface area contributed by atoms with Gasteiger partial charge in [0.05, 0.1) is 0 Å². The van der Waals surface area contributed by atoms with Gasteiger partial charge in [-0.05, 0) is 6.42 Å². The lowest BCUT2D eigenvalue weighted by atomic mass is 10.1. The first-order valence-electron chi connectivity index (χ1n) is 5.66. The number of amides is 2. The van der Waals surface area contributed by atoms with Crippen molar-refractivity contribution in [3.8, 4) is 0 Å². The summed E-state index contributed by atoms with van der Waals surface area (Å²) in [6.45, 7) is -0.567. The first kappa shape index (κ1) is 18.2. The van der Waals surface area contributed by atoms with Crippen molar-refractivity contribution in [3.63, 3.8) is 0 Å². The maximum absolute atomic E-state index is 11.5. The van der Waals surface area contributed by atoms with E-state index in [9.17, 15) is 19.2 Å². The summed E-state index contributed by atoms with van der Waals surface area (Å²) in [5.41, 5.74) is 5.23. The van der Waals surface area contributed by atoms with Gasteiger partial charge in [0, 0.05) is 12.2 Å². The Bertz CT molecular complexity index is 389. The maximum Gasteiger partial charge on any atom is 0.322 e. The Kier molecular flexibility index (Phi) is 8.32. The van der Waals surface area contributed by atoms with Gasteiger partial charge in [-0.3, -0.25) is 19.2 Å². The molecular formula is C10H17N3O6S. The number of hydrogen-bond donors (Lipinski definition) is 6. The highest BCUT2D eigenvalue weighted by atomic mass is 32.1. The van der Waals surface area contributed by atoms with E-state index in [0.29, 0.717) is 0 Å². The van der Waals surface area contributed by atoms with Gasteiger partial charge in [0.15, 0.2) is 0 Å². The minimum absolute atomic E-state index is 0.0256. The summed E-state index contributed by atoms with van der Waals surface area (Å²) in [5.74, 6) is -3.70. The fraction of sp³-hybridized carbons (Fsp3) is 0.600. The number of carbonyl (C=O) groups excluding carboxylic acids is 2. The van der Waals surface area contributed by atoms with Gasteiger partial charge in [0.25, 0.3) is 0 Å². The number of rotatable bonds is 9. The highest BCUT2D eigenvalue weighted by Crippen LogP contribution is 1.97. The molecule has 1 unspecified atom stereocenters. The quantitative estimate of drug-likeness (QED) is 0.263. The van der Waals surface area contributed by atoms with Crippen LogP contribution in [-0.2, 0) is 19.2 Å². The zero-order valence-electron chi connectivity index (χ0n) is 10.5. The van der Waals surface area contributed by atoms with Crippen LogP contribution in [0.3, 0.4) is 0 Å². The predicted molar refractivity (Wildman–Crippen MR) is 71.3 cm³/mol. The number of carboxylic acid groups (broad SMARTS) is 2. The molecule has 10 heteroatoms. The van der Waals surface area contributed by atoms with Crippen molar-refractivity contribution in [1.29, 1.82) is 0 Å². The van der Waals surface area contributed by atoms with Crippen LogP contribution in [0.5, 0.6) is 0 Å². The summed E-state index contributed by atoms with van der Waals surface area (Å²) in [7, 11) is 0. The van der Waals surface area contributed by atoms with Crippen LogP contribution in [0.4, 0.5) is 0 Å². The topological polar surface area (TPSA) is 159 Å². The minimum atomic E-state index is -1.22. The van der Waals surface area contributed by atoms with Crippen molar-refractivity contribution in [2.45, 2.75) is 24.9 Å². The zero-order chi connectivity index (χ0) is 15.7. The summed E-state index contributed by atoms with van der Waals surface area (Å²) in [6.07, 6.45) is -0.235. The average Bonchev–Trinajstić information content (AvgIpc) is 2.38. The van der Waals surface area contributed by atoms with Crippen LogP contribution in [-0.4, -0.2) is 58.3 Å². The normalized spacial score (nSPS) is 13.1. The molecule has 0 aromatic rings. The summed E-state index contributed by atoms with van der Waals surface area (Å²) in [4.78, 5) is 43.7. The fourth-order valence-electron chi connectivity index (χ4n) is 1.16. The summed E-state index contributed by atoms with van der Waals surface area (Å²) < 4.78 is 0. The molecular weight excluding hydrogens is 290 g/mol. The molecule has 0 aromatic heterocycles. The van der Waals surface area contributed by atoms with Crippen molar-refractivity contribution in [2.24, 2.45) is 5.73 Å². The maximum atomic E-state index is 11.5. The van der Waals surface area contributed by atoms with E-state index in [-0.39, 0.29) is 18.6 Å². The Morgan fingerprint density at radius 1 is 1.20 bits per heavy atom. The van der Waals surface area contributed by atoms with Crippen LogP contribution in [0.15, 0.2) is 0 Å². The van der Waals surface area contributed by atoms with Crippen molar-refractivity contribution >= 4 is 36.4 Å². The molecule has 20 heavy (non-hydrogen) atoms. The van der Waals surface area contributed by atoms with E-state index in [4.69, 9.17) is 15.9 Å². The minimum Gasteiger partial charge on any atom is -0.480 e. The predicted octanol–water partition coefficient (Wildman–Crippen LogP) is -2.21. The van der Waals surface area contributed by atoms with Crippen molar-refractivity contribution < 1.29 is 29.4 Å². The highest BCUT2D eigenvalue weighted by Gasteiger charge is 2.20. The summed E-state index contributed by atoms with van der Waals surface area (Å²) >= 11 is 3.87. The molecule has 2 amide bonds. The Hall–Kier alpha value is -1.81. The molecule has 0 spiro atoms. The van der Waals surface area contributed by atoms with Gasteiger partial charge in [-0.1, -0.05) is 0 Å². The molecule has 9 nitrogen and oxygen atoms in total. The Morgan fingerprint density at radius 2 is 1.80 bits per heavy atom. The standard InChI is InChI=1S/C10H17N3O6S/c11-5(10(18)19)1-2-7(14)13-6(4-20)9(17)12-3-8(15)16/h5-6,20H,1-4,11H2,(H,12,17)(H,13,14)(H,15,16)(H,18,19)/t5?,6-/m1/s1. The van der Waals surface area contributed by atoms with Crippen LogP contribution in [0, 0.1) is 0 Å². The Labute approximate surface area is 120 Å². The van der Waals surface area contributed by atoms with E-state index >= 15 is 0 Å². The van der Waals surface area contributed by atoms with E-state index in [1.165, 1.54) is 0 Å². The monoisotopic (exact) mass is 307 g/mol. The first-order chi connectivity index (χ1) is 9.27. The van der Waals surface area contributed by atoms with Gasteiger partial charge in [0.2, 0.25) is 11.8 Å². The van der Waals surface area contributed by atoms with Crippen molar-refractivity contribution in [2.75, 3.05) is 12.3 Å². The van der Waals surface area contributed by atoms with E-state index in [0.717, 1.165) is 0 Å². The molecule has 2 atom stereocenters. The van der Waals surface area contributed by atoms with E-state index < -0.39 is 42.4 Å². The van der Waals surface area contributed by atoms with E-state index in [2.05, 4.69) is 23.3 Å².